The molecule has 0 N–H and O–H groups in total. The Hall–Kier alpha value is -0.0400. The molecule has 0 rings (SSSR count). The summed E-state index contributed by atoms with van der Waals surface area (Å²) in [6.07, 6.45) is 0. The highest BCUT2D eigenvalue weighted by molar-refractivity contribution is 4.64. The van der Waals surface area contributed by atoms with Crippen molar-refractivity contribution in [2.45, 2.75) is 48.5 Å². The number of nitrogens with zero attached hydrogens (tertiary/aromatic N) is 1. The van der Waals surface area contributed by atoms with Crippen LogP contribution in [0.1, 0.15) is 48.5 Å². The number of hydrogen-bond donors (Lipinski definition) is 0. The van der Waals surface area contributed by atoms with E-state index in [4.69, 9.17) is 0 Å². The predicted molar refractivity (Wildman–Crippen MR) is 65.3 cm³/mol. The van der Waals surface area contributed by atoms with E-state index >= 15 is 0 Å². The van der Waals surface area contributed by atoms with Gasteiger partial charge in [0.15, 0.2) is 0 Å². The molecule has 0 bridgehead atoms. The molecule has 84 valence electrons. The van der Waals surface area contributed by atoms with Crippen LogP contribution in [0.2, 0.25) is 0 Å². The molecule has 0 unspecified atom stereocenters. The fourth-order valence-electron chi connectivity index (χ4n) is 0. The van der Waals surface area contributed by atoms with Gasteiger partial charge < -0.3 is 4.90 Å². The van der Waals surface area contributed by atoms with E-state index in [1.165, 1.54) is 0 Å². The highest BCUT2D eigenvalue weighted by Crippen LogP contribution is 2.23. The first-order chi connectivity index (χ1) is 5.68. The van der Waals surface area contributed by atoms with Crippen molar-refractivity contribution in [1.29, 1.82) is 0 Å². The minimum absolute atomic E-state index is 0.500. The normalized spacial score (nSPS) is 10.2. The van der Waals surface area contributed by atoms with Crippen LogP contribution in [0.15, 0.2) is 0 Å². The molecule has 0 aliphatic heterocycles. The van der Waals surface area contributed by atoms with E-state index < -0.39 is 0 Å². The van der Waals surface area contributed by atoms with E-state index in [1.807, 2.05) is 39.9 Å². The van der Waals surface area contributed by atoms with Gasteiger partial charge in [0.2, 0.25) is 0 Å². The first-order valence-corrected chi connectivity index (χ1v) is 5.29. The van der Waals surface area contributed by atoms with Crippen LogP contribution in [0.25, 0.3) is 0 Å². The van der Waals surface area contributed by atoms with Crippen molar-refractivity contribution in [2.75, 3.05) is 21.1 Å². The Morgan fingerprint density at radius 3 is 0.923 bits per heavy atom. The summed E-state index contributed by atoms with van der Waals surface area (Å²) in [4.78, 5) is 2.00. The Balaban J connectivity index is -0.000000142. The van der Waals surface area contributed by atoms with E-state index in [9.17, 15) is 0 Å². The Morgan fingerprint density at radius 1 is 0.846 bits per heavy atom. The molecule has 1 heteroatoms. The Bertz CT molecular complexity index is 74.9. The lowest BCUT2D eigenvalue weighted by atomic mass is 9.84. The van der Waals surface area contributed by atoms with Gasteiger partial charge in [-0.3, -0.25) is 0 Å². The largest absolute Gasteiger partial charge is 0.312 e. The maximum Gasteiger partial charge on any atom is -0.0140 e. The van der Waals surface area contributed by atoms with E-state index in [2.05, 4.69) is 34.6 Å². The van der Waals surface area contributed by atoms with Gasteiger partial charge >= 0.3 is 0 Å². The molecule has 0 aliphatic carbocycles. The minimum atomic E-state index is 0.500. The summed E-state index contributed by atoms with van der Waals surface area (Å²) in [5.41, 5.74) is 0.500. The minimum Gasteiger partial charge on any atom is -0.312 e. The van der Waals surface area contributed by atoms with Gasteiger partial charge in [-0.05, 0) is 32.5 Å². The van der Waals surface area contributed by atoms with E-state index in [0.717, 1.165) is 5.92 Å². The molecule has 0 atom stereocenters. The topological polar surface area (TPSA) is 3.24 Å². The van der Waals surface area contributed by atoms with Gasteiger partial charge in [0, 0.05) is 0 Å². The zero-order valence-electron chi connectivity index (χ0n) is 11.5. The molecule has 0 radical (unpaired) electrons. The van der Waals surface area contributed by atoms with Crippen LogP contribution in [0, 0.1) is 11.3 Å². The highest BCUT2D eigenvalue weighted by Gasteiger charge is 2.13. The monoisotopic (exact) mass is 189 g/mol. The van der Waals surface area contributed by atoms with Crippen LogP contribution in [-0.4, -0.2) is 26.0 Å². The van der Waals surface area contributed by atoms with Crippen LogP contribution in [-0.2, 0) is 0 Å². The standard InChI is InChI=1S/C7H16.C3H9N.C2H6/c1-6(2)7(3,4)5;1-4(2)3;1-2/h6H,1-5H3;1-3H3;1-2H3. The lowest BCUT2D eigenvalue weighted by Crippen LogP contribution is -2.12. The van der Waals surface area contributed by atoms with Gasteiger partial charge in [-0.1, -0.05) is 48.5 Å². The van der Waals surface area contributed by atoms with Gasteiger partial charge in [0.05, 0.1) is 0 Å². The summed E-state index contributed by atoms with van der Waals surface area (Å²) < 4.78 is 0. The zero-order chi connectivity index (χ0) is 11.7. The van der Waals surface area contributed by atoms with Gasteiger partial charge in [-0.2, -0.15) is 0 Å². The first-order valence-electron chi connectivity index (χ1n) is 5.29. The first kappa shape index (κ1) is 18.7. The molecule has 0 aromatic heterocycles. The second kappa shape index (κ2) is 10.0. The van der Waals surface area contributed by atoms with Crippen molar-refractivity contribution in [3.05, 3.63) is 0 Å². The second-order valence-corrected chi connectivity index (χ2v) is 4.86. The van der Waals surface area contributed by atoms with Gasteiger partial charge in [0.1, 0.15) is 0 Å². The second-order valence-electron chi connectivity index (χ2n) is 4.86. The molecular weight excluding hydrogens is 158 g/mol. The molecule has 13 heavy (non-hydrogen) atoms. The van der Waals surface area contributed by atoms with Gasteiger partial charge in [0.25, 0.3) is 0 Å². The lowest BCUT2D eigenvalue weighted by Gasteiger charge is -2.22. The third kappa shape index (κ3) is 33.4. The lowest BCUT2D eigenvalue weighted by molar-refractivity contribution is 0.283. The maximum atomic E-state index is 2.26. The van der Waals surface area contributed by atoms with Crippen molar-refractivity contribution >= 4 is 0 Å². The molecule has 0 aromatic carbocycles. The summed E-state index contributed by atoms with van der Waals surface area (Å²) in [7, 11) is 6.00. The predicted octanol–water partition coefficient (Wildman–Crippen LogP) is 3.89. The smallest absolute Gasteiger partial charge is 0.0140 e. The summed E-state index contributed by atoms with van der Waals surface area (Å²) in [5, 5.41) is 0. The Morgan fingerprint density at radius 2 is 0.923 bits per heavy atom. The maximum absolute atomic E-state index is 2.26. The van der Waals surface area contributed by atoms with E-state index in [-0.39, 0.29) is 0 Å². The van der Waals surface area contributed by atoms with Crippen molar-refractivity contribution in [1.82, 2.24) is 4.90 Å². The van der Waals surface area contributed by atoms with Crippen molar-refractivity contribution in [3.63, 3.8) is 0 Å². The van der Waals surface area contributed by atoms with Crippen LogP contribution in [0.3, 0.4) is 0 Å². The average molecular weight is 189 g/mol. The van der Waals surface area contributed by atoms with Gasteiger partial charge in [-0.15, -0.1) is 0 Å². The molecule has 0 spiro atoms. The zero-order valence-corrected chi connectivity index (χ0v) is 11.5. The van der Waals surface area contributed by atoms with E-state index in [0.29, 0.717) is 5.41 Å². The van der Waals surface area contributed by atoms with Crippen LogP contribution in [0.4, 0.5) is 0 Å². The number of rotatable bonds is 0. The van der Waals surface area contributed by atoms with Crippen molar-refractivity contribution in [2.24, 2.45) is 11.3 Å². The molecule has 0 aromatic rings. The summed E-state index contributed by atoms with van der Waals surface area (Å²) >= 11 is 0. The molecule has 0 aliphatic rings. The Kier molecular flexibility index (Phi) is 14.4. The fraction of sp³-hybridized carbons (Fsp3) is 1.00. The van der Waals surface area contributed by atoms with Crippen LogP contribution in [0.5, 0.6) is 0 Å². The van der Waals surface area contributed by atoms with Crippen LogP contribution >= 0.6 is 0 Å². The quantitative estimate of drug-likeness (QED) is 0.559. The SMILES string of the molecule is CC.CC(C)C(C)(C)C.CN(C)C. The fourth-order valence-corrected chi connectivity index (χ4v) is 0. The third-order valence-electron chi connectivity index (χ3n) is 1.73. The molecule has 1 nitrogen and oxygen atoms in total. The molecular formula is C12H31N. The molecule has 0 saturated heterocycles. The summed E-state index contributed by atoms with van der Waals surface area (Å²) in [6, 6.07) is 0. The summed E-state index contributed by atoms with van der Waals surface area (Å²) in [6.45, 7) is 15.3. The Labute approximate surface area is 86.5 Å². The molecule has 0 amide bonds. The average Bonchev–Trinajstić information content (AvgIpc) is 1.88. The third-order valence-corrected chi connectivity index (χ3v) is 1.73. The van der Waals surface area contributed by atoms with Crippen molar-refractivity contribution < 1.29 is 0 Å². The van der Waals surface area contributed by atoms with Crippen molar-refractivity contribution in [3.8, 4) is 0 Å². The van der Waals surface area contributed by atoms with Crippen LogP contribution < -0.4 is 0 Å². The summed E-state index contributed by atoms with van der Waals surface area (Å²) in [5.74, 6) is 0.799. The molecule has 0 saturated carbocycles. The van der Waals surface area contributed by atoms with E-state index in [1.54, 1.807) is 0 Å². The number of hydrogen-bond acceptors (Lipinski definition) is 1. The molecule has 0 heterocycles. The van der Waals surface area contributed by atoms with Gasteiger partial charge in [-0.25, -0.2) is 0 Å². The highest BCUT2D eigenvalue weighted by atomic mass is 15.0. The molecule has 0 fully saturated rings.